The molecule has 3 aromatic rings. The summed E-state index contributed by atoms with van der Waals surface area (Å²) in [4.78, 5) is 16.7. The lowest BCUT2D eigenvalue weighted by molar-refractivity contribution is -0.146. The van der Waals surface area contributed by atoms with Crippen LogP contribution in [-0.4, -0.2) is 40.0 Å². The summed E-state index contributed by atoms with van der Waals surface area (Å²) < 4.78 is 18.7. The van der Waals surface area contributed by atoms with Gasteiger partial charge in [0.1, 0.15) is 5.82 Å². The predicted octanol–water partition coefficient (Wildman–Crippen LogP) is 5.39. The Morgan fingerprint density at radius 3 is 2.62 bits per heavy atom. The Labute approximate surface area is 198 Å². The van der Waals surface area contributed by atoms with E-state index in [2.05, 4.69) is 0 Å². The first-order chi connectivity index (χ1) is 16.5. The van der Waals surface area contributed by atoms with Crippen LogP contribution in [0.2, 0.25) is 0 Å². The molecule has 178 valence electrons. The van der Waals surface area contributed by atoms with Crippen LogP contribution in [0.15, 0.2) is 54.6 Å². The zero-order valence-corrected chi connectivity index (χ0v) is 19.3. The Morgan fingerprint density at radius 1 is 1.18 bits per heavy atom. The highest BCUT2D eigenvalue weighted by molar-refractivity contribution is 5.99. The minimum absolute atomic E-state index is 0.0172. The molecule has 0 radical (unpaired) electrons. The van der Waals surface area contributed by atoms with Crippen molar-refractivity contribution in [3.05, 3.63) is 71.7 Å². The fraction of sp³-hybridized carbons (Fsp3) is 0.357. The lowest BCUT2D eigenvalue weighted by Gasteiger charge is -2.16. The number of benzene rings is 2. The molecule has 2 aromatic carbocycles. The summed E-state index contributed by atoms with van der Waals surface area (Å²) in [5.41, 5.74) is 4.55. The maximum atomic E-state index is 13.7. The highest BCUT2D eigenvalue weighted by Crippen LogP contribution is 2.45. The Bertz CT molecular complexity index is 1170. The lowest BCUT2D eigenvalue weighted by atomic mass is 9.92. The molecule has 4 rings (SSSR count). The summed E-state index contributed by atoms with van der Waals surface area (Å²) in [6.07, 6.45) is 4.20. The summed E-state index contributed by atoms with van der Waals surface area (Å²) in [7, 11) is 0. The Kier molecular flexibility index (Phi) is 7.70. The van der Waals surface area contributed by atoms with Gasteiger partial charge in [-0.25, -0.2) is 4.39 Å². The number of fused-ring (bicyclic) bond motifs is 1. The molecular formula is C28H30FNO4. The summed E-state index contributed by atoms with van der Waals surface area (Å²) in [5, 5.41) is 21.7. The van der Waals surface area contributed by atoms with Gasteiger partial charge in [-0.2, -0.15) is 0 Å². The smallest absolute Gasteiger partial charge is 0.308 e. The third-order valence-electron chi connectivity index (χ3n) is 5.92. The van der Waals surface area contributed by atoms with Gasteiger partial charge >= 0.3 is 5.97 Å². The number of rotatable bonds is 10. The summed E-state index contributed by atoms with van der Waals surface area (Å²) >= 11 is 0. The molecule has 0 bridgehead atoms. The number of hydrogen-bond acceptors (Lipinski definition) is 5. The van der Waals surface area contributed by atoms with Crippen LogP contribution in [0.4, 0.5) is 4.39 Å². The number of aliphatic hydroxyl groups excluding tert-OH is 2. The number of carbonyl (C=O) groups is 1. The van der Waals surface area contributed by atoms with Gasteiger partial charge in [-0.05, 0) is 43.0 Å². The normalized spacial score (nSPS) is 15.5. The molecule has 1 heterocycles. The quantitative estimate of drug-likeness (QED) is 0.394. The van der Waals surface area contributed by atoms with E-state index in [1.165, 1.54) is 12.1 Å². The van der Waals surface area contributed by atoms with Gasteiger partial charge in [-0.1, -0.05) is 49.4 Å². The van der Waals surface area contributed by atoms with Crippen LogP contribution >= 0.6 is 0 Å². The van der Waals surface area contributed by atoms with Crippen LogP contribution in [0.5, 0.6) is 0 Å². The fourth-order valence-corrected chi connectivity index (χ4v) is 4.13. The number of hydrogen-bond donors (Lipinski definition) is 2. The SMILES string of the molecule is CCCOC(=O)C[C@H](O)C[C@H](O)C=Cc1c(C2CC2)nc2ccccc2c1-c1ccc(F)cc1. The van der Waals surface area contributed by atoms with Crippen molar-refractivity contribution >= 4 is 22.9 Å². The number of nitrogens with zero attached hydrogens (tertiary/aromatic N) is 1. The number of halogens is 1. The van der Waals surface area contributed by atoms with E-state index in [0.29, 0.717) is 18.9 Å². The molecule has 1 aliphatic carbocycles. The number of esters is 1. The van der Waals surface area contributed by atoms with Crippen molar-refractivity contribution < 1.29 is 24.1 Å². The molecule has 0 aliphatic heterocycles. The minimum atomic E-state index is -1.00. The molecule has 1 aliphatic rings. The number of ether oxygens (including phenoxy) is 1. The Morgan fingerprint density at radius 2 is 1.91 bits per heavy atom. The number of pyridine rings is 1. The highest BCUT2D eigenvalue weighted by atomic mass is 19.1. The molecule has 5 nitrogen and oxygen atoms in total. The standard InChI is InChI=1S/C28H30FNO4/c1-2-15-34-26(33)17-22(32)16-21(31)13-14-24-27(18-9-11-20(29)12-10-18)23-5-3-4-6-25(23)30-28(24)19-7-8-19/h3-6,9-14,19,21-22,31-32H,2,7-8,15-17H2,1H3/t21-,22-/m1/s1. The molecule has 34 heavy (non-hydrogen) atoms. The number of para-hydroxylation sites is 1. The maximum absolute atomic E-state index is 13.7. The van der Waals surface area contributed by atoms with Gasteiger partial charge < -0.3 is 14.9 Å². The van der Waals surface area contributed by atoms with Crippen LogP contribution in [0.1, 0.15) is 56.2 Å². The number of carbonyl (C=O) groups excluding carboxylic acids is 1. The fourth-order valence-electron chi connectivity index (χ4n) is 4.13. The lowest BCUT2D eigenvalue weighted by Crippen LogP contribution is -2.21. The zero-order valence-electron chi connectivity index (χ0n) is 19.3. The van der Waals surface area contributed by atoms with E-state index in [9.17, 15) is 19.4 Å². The minimum Gasteiger partial charge on any atom is -0.466 e. The first-order valence-corrected chi connectivity index (χ1v) is 11.8. The average molecular weight is 464 g/mol. The number of aromatic nitrogens is 1. The van der Waals surface area contributed by atoms with Crippen molar-refractivity contribution in [2.75, 3.05) is 6.61 Å². The summed E-state index contributed by atoms with van der Waals surface area (Å²) in [6.45, 7) is 2.22. The molecule has 1 saturated carbocycles. The van der Waals surface area contributed by atoms with Crippen molar-refractivity contribution in [3.63, 3.8) is 0 Å². The van der Waals surface area contributed by atoms with E-state index in [1.54, 1.807) is 18.2 Å². The van der Waals surface area contributed by atoms with Crippen LogP contribution in [0, 0.1) is 5.82 Å². The van der Waals surface area contributed by atoms with Gasteiger partial charge in [-0.3, -0.25) is 9.78 Å². The van der Waals surface area contributed by atoms with Crippen molar-refractivity contribution in [3.8, 4) is 11.1 Å². The first kappa shape index (κ1) is 24.0. The zero-order chi connectivity index (χ0) is 24.1. The van der Waals surface area contributed by atoms with Crippen molar-refractivity contribution in [2.24, 2.45) is 0 Å². The highest BCUT2D eigenvalue weighted by Gasteiger charge is 2.29. The predicted molar refractivity (Wildman–Crippen MR) is 131 cm³/mol. The molecule has 2 N–H and O–H groups in total. The van der Waals surface area contributed by atoms with Gasteiger partial charge in [0.15, 0.2) is 0 Å². The Balaban J connectivity index is 1.65. The summed E-state index contributed by atoms with van der Waals surface area (Å²) in [6, 6.07) is 14.3. The third-order valence-corrected chi connectivity index (χ3v) is 5.92. The van der Waals surface area contributed by atoms with E-state index < -0.39 is 18.2 Å². The van der Waals surface area contributed by atoms with Crippen molar-refractivity contribution in [1.29, 1.82) is 0 Å². The molecule has 2 atom stereocenters. The second-order valence-corrected chi connectivity index (χ2v) is 8.82. The van der Waals surface area contributed by atoms with Crippen molar-refractivity contribution in [1.82, 2.24) is 4.98 Å². The van der Waals surface area contributed by atoms with E-state index in [-0.39, 0.29) is 18.7 Å². The third kappa shape index (κ3) is 5.88. The van der Waals surface area contributed by atoms with Gasteiger partial charge in [0, 0.05) is 28.9 Å². The number of aliphatic hydroxyl groups is 2. The van der Waals surface area contributed by atoms with Crippen LogP contribution < -0.4 is 0 Å². The van der Waals surface area contributed by atoms with Crippen LogP contribution in [0.3, 0.4) is 0 Å². The largest absolute Gasteiger partial charge is 0.466 e. The maximum Gasteiger partial charge on any atom is 0.308 e. The molecular weight excluding hydrogens is 433 g/mol. The topological polar surface area (TPSA) is 79.7 Å². The van der Waals surface area contributed by atoms with E-state index in [4.69, 9.17) is 9.72 Å². The monoisotopic (exact) mass is 463 g/mol. The van der Waals surface area contributed by atoms with Crippen LogP contribution in [0.25, 0.3) is 28.1 Å². The molecule has 0 amide bonds. The molecule has 1 aromatic heterocycles. The van der Waals surface area contributed by atoms with Gasteiger partial charge in [0.25, 0.3) is 0 Å². The second kappa shape index (κ2) is 10.9. The first-order valence-electron chi connectivity index (χ1n) is 11.8. The van der Waals surface area contributed by atoms with E-state index in [1.807, 2.05) is 37.3 Å². The van der Waals surface area contributed by atoms with Crippen molar-refractivity contribution in [2.45, 2.75) is 57.2 Å². The molecule has 0 saturated heterocycles. The molecule has 0 unspecified atom stereocenters. The molecule has 1 fully saturated rings. The Hall–Kier alpha value is -3.09. The van der Waals surface area contributed by atoms with Gasteiger partial charge in [0.2, 0.25) is 0 Å². The molecule has 0 spiro atoms. The van der Waals surface area contributed by atoms with E-state index in [0.717, 1.165) is 46.1 Å². The molecule has 6 heteroatoms. The van der Waals surface area contributed by atoms with Crippen LogP contribution in [-0.2, 0) is 9.53 Å². The average Bonchev–Trinajstić information content (AvgIpc) is 3.66. The summed E-state index contributed by atoms with van der Waals surface area (Å²) in [5.74, 6) is -0.429. The second-order valence-electron chi connectivity index (χ2n) is 8.82. The van der Waals surface area contributed by atoms with Gasteiger partial charge in [-0.15, -0.1) is 0 Å². The van der Waals surface area contributed by atoms with Gasteiger partial charge in [0.05, 0.1) is 36.4 Å². The van der Waals surface area contributed by atoms with E-state index >= 15 is 0 Å².